The fourth-order valence-corrected chi connectivity index (χ4v) is 2.07. The second kappa shape index (κ2) is 9.64. The van der Waals surface area contributed by atoms with Crippen molar-refractivity contribution < 1.29 is 19.1 Å². The first kappa shape index (κ1) is 17.8. The van der Waals surface area contributed by atoms with Crippen molar-refractivity contribution in [3.8, 4) is 0 Å². The highest BCUT2D eigenvalue weighted by Gasteiger charge is 2.09. The minimum absolute atomic E-state index is 0.0247. The number of rotatable bonds is 8. The molecule has 0 fully saturated rings. The fraction of sp³-hybridized carbons (Fsp3) is 0.467. The third-order valence-corrected chi connectivity index (χ3v) is 3.24. The Labute approximate surface area is 134 Å². The van der Waals surface area contributed by atoms with Crippen molar-refractivity contribution in [1.82, 2.24) is 0 Å². The van der Waals surface area contributed by atoms with E-state index in [1.54, 1.807) is 18.2 Å². The van der Waals surface area contributed by atoms with Crippen molar-refractivity contribution >= 4 is 35.1 Å². The molecule has 0 aromatic heterocycles. The van der Waals surface area contributed by atoms with Crippen LogP contribution in [0.5, 0.6) is 0 Å². The smallest absolute Gasteiger partial charge is 0.306 e. The van der Waals surface area contributed by atoms with E-state index < -0.39 is 5.97 Å². The Morgan fingerprint density at radius 1 is 1.05 bits per heavy atom. The molecule has 0 N–H and O–H groups in total. The van der Waals surface area contributed by atoms with Crippen LogP contribution in [0.2, 0.25) is 10.0 Å². The number of halogens is 2. The molecular weight excluding hydrogens is 315 g/mol. The molecule has 0 aliphatic heterocycles. The van der Waals surface area contributed by atoms with Crippen LogP contribution >= 0.6 is 23.2 Å². The summed E-state index contributed by atoms with van der Waals surface area (Å²) < 4.78 is 9.91. The normalized spacial score (nSPS) is 10.2. The summed E-state index contributed by atoms with van der Waals surface area (Å²) in [4.78, 5) is 22.7. The van der Waals surface area contributed by atoms with Crippen LogP contribution in [0.3, 0.4) is 0 Å². The molecule has 4 nitrogen and oxygen atoms in total. The summed E-state index contributed by atoms with van der Waals surface area (Å²) >= 11 is 11.8. The number of ether oxygens (including phenoxy) is 2. The van der Waals surface area contributed by atoms with Gasteiger partial charge in [-0.1, -0.05) is 36.2 Å². The van der Waals surface area contributed by atoms with E-state index in [4.69, 9.17) is 32.7 Å². The molecule has 0 aliphatic rings. The zero-order valence-electron chi connectivity index (χ0n) is 11.9. The maximum absolute atomic E-state index is 11.5. The summed E-state index contributed by atoms with van der Waals surface area (Å²) in [6, 6.07) is 5.17. The summed E-state index contributed by atoms with van der Waals surface area (Å²) in [5.41, 5.74) is 0.858. The van der Waals surface area contributed by atoms with Crippen LogP contribution in [0.15, 0.2) is 18.2 Å². The Kier molecular flexibility index (Phi) is 8.16. The van der Waals surface area contributed by atoms with E-state index >= 15 is 0 Å². The van der Waals surface area contributed by atoms with Gasteiger partial charge in [-0.05, 0) is 24.1 Å². The lowest BCUT2D eigenvalue weighted by Crippen LogP contribution is -2.12. The van der Waals surface area contributed by atoms with Crippen LogP contribution in [0.1, 0.15) is 31.7 Å². The Hall–Kier alpha value is -1.26. The minimum atomic E-state index is -0.423. The highest BCUT2D eigenvalue weighted by molar-refractivity contribution is 6.35. The summed E-state index contributed by atoms with van der Waals surface area (Å²) in [6.45, 7) is 2.50. The first-order valence-corrected chi connectivity index (χ1v) is 7.53. The molecular formula is C15H18Cl2O4. The predicted molar refractivity (Wildman–Crippen MR) is 81.6 cm³/mol. The molecule has 0 unspecified atom stereocenters. The quantitative estimate of drug-likeness (QED) is 0.679. The molecule has 116 valence electrons. The Bertz CT molecular complexity index is 489. The summed E-state index contributed by atoms with van der Waals surface area (Å²) in [6.07, 6.45) is 1.33. The van der Waals surface area contributed by atoms with E-state index in [1.807, 2.05) is 6.92 Å². The Balaban J connectivity index is 2.23. The largest absolute Gasteiger partial charge is 0.466 e. The van der Waals surface area contributed by atoms with E-state index in [9.17, 15) is 9.59 Å². The number of esters is 2. The van der Waals surface area contributed by atoms with Crippen LogP contribution in [0.25, 0.3) is 0 Å². The molecule has 0 bridgehead atoms. The number of benzene rings is 1. The van der Waals surface area contributed by atoms with Crippen LogP contribution in [0.4, 0.5) is 0 Å². The molecule has 0 heterocycles. The van der Waals surface area contributed by atoms with Crippen LogP contribution in [0, 0.1) is 0 Å². The Morgan fingerprint density at radius 3 is 2.24 bits per heavy atom. The number of carbonyl (C=O) groups excluding carboxylic acids is 2. The van der Waals surface area contributed by atoms with Gasteiger partial charge in [-0.15, -0.1) is 0 Å². The third-order valence-electron chi connectivity index (χ3n) is 2.65. The summed E-state index contributed by atoms with van der Waals surface area (Å²) in [7, 11) is 0. The average Bonchev–Trinajstić information content (AvgIpc) is 2.45. The van der Waals surface area contributed by atoms with Crippen molar-refractivity contribution in [2.24, 2.45) is 0 Å². The molecule has 0 aliphatic carbocycles. The van der Waals surface area contributed by atoms with E-state index in [0.29, 0.717) is 23.1 Å². The van der Waals surface area contributed by atoms with Gasteiger partial charge < -0.3 is 9.47 Å². The second-order valence-electron chi connectivity index (χ2n) is 4.43. The fourth-order valence-electron chi connectivity index (χ4n) is 1.56. The zero-order chi connectivity index (χ0) is 15.7. The predicted octanol–water partition coefficient (Wildman–Crippen LogP) is 3.81. The molecule has 0 saturated carbocycles. The molecule has 0 saturated heterocycles. The Morgan fingerprint density at radius 2 is 1.67 bits per heavy atom. The van der Waals surface area contributed by atoms with E-state index in [-0.39, 0.29) is 25.4 Å². The third kappa shape index (κ3) is 7.34. The maximum atomic E-state index is 11.5. The topological polar surface area (TPSA) is 52.6 Å². The van der Waals surface area contributed by atoms with Gasteiger partial charge in [-0.25, -0.2) is 0 Å². The van der Waals surface area contributed by atoms with E-state index in [0.717, 1.165) is 12.0 Å². The molecule has 0 amide bonds. The lowest BCUT2D eigenvalue weighted by Gasteiger charge is -2.07. The van der Waals surface area contributed by atoms with Gasteiger partial charge in [0, 0.05) is 16.5 Å². The monoisotopic (exact) mass is 332 g/mol. The molecule has 0 radical (unpaired) electrons. The molecule has 21 heavy (non-hydrogen) atoms. The SMILES string of the molecule is CCCOC(=O)CCC(=O)OCCc1ccc(Cl)cc1Cl. The van der Waals surface area contributed by atoms with Crippen molar-refractivity contribution in [3.05, 3.63) is 33.8 Å². The van der Waals surface area contributed by atoms with Gasteiger partial charge in [0.2, 0.25) is 0 Å². The number of hydrogen-bond acceptors (Lipinski definition) is 4. The van der Waals surface area contributed by atoms with Crippen LogP contribution in [-0.2, 0) is 25.5 Å². The summed E-state index contributed by atoms with van der Waals surface area (Å²) in [5.74, 6) is -0.803. The van der Waals surface area contributed by atoms with Crippen LogP contribution in [-0.4, -0.2) is 25.2 Å². The van der Waals surface area contributed by atoms with Gasteiger partial charge in [-0.3, -0.25) is 9.59 Å². The van der Waals surface area contributed by atoms with Crippen LogP contribution < -0.4 is 0 Å². The molecule has 1 aromatic rings. The minimum Gasteiger partial charge on any atom is -0.466 e. The lowest BCUT2D eigenvalue weighted by atomic mass is 10.2. The average molecular weight is 333 g/mol. The highest BCUT2D eigenvalue weighted by Crippen LogP contribution is 2.21. The van der Waals surface area contributed by atoms with Crippen molar-refractivity contribution in [1.29, 1.82) is 0 Å². The van der Waals surface area contributed by atoms with Gasteiger partial charge in [-0.2, -0.15) is 0 Å². The highest BCUT2D eigenvalue weighted by atomic mass is 35.5. The van der Waals surface area contributed by atoms with Crippen molar-refractivity contribution in [2.75, 3.05) is 13.2 Å². The second-order valence-corrected chi connectivity index (χ2v) is 5.27. The molecule has 6 heteroatoms. The summed E-state index contributed by atoms with van der Waals surface area (Å²) in [5, 5.41) is 1.10. The van der Waals surface area contributed by atoms with Gasteiger partial charge >= 0.3 is 11.9 Å². The first-order chi connectivity index (χ1) is 10.0. The lowest BCUT2D eigenvalue weighted by molar-refractivity contribution is -0.150. The van der Waals surface area contributed by atoms with Crippen molar-refractivity contribution in [2.45, 2.75) is 32.6 Å². The van der Waals surface area contributed by atoms with Gasteiger partial charge in [0.15, 0.2) is 0 Å². The molecule has 0 spiro atoms. The van der Waals surface area contributed by atoms with Gasteiger partial charge in [0.25, 0.3) is 0 Å². The standard InChI is InChI=1S/C15H18Cl2O4/c1-2-8-20-14(18)5-6-15(19)21-9-7-11-3-4-12(16)10-13(11)17/h3-4,10H,2,5-9H2,1H3. The zero-order valence-corrected chi connectivity index (χ0v) is 13.4. The van der Waals surface area contributed by atoms with E-state index in [1.165, 1.54) is 0 Å². The molecule has 1 aromatic carbocycles. The van der Waals surface area contributed by atoms with E-state index in [2.05, 4.69) is 0 Å². The van der Waals surface area contributed by atoms with Crippen molar-refractivity contribution in [3.63, 3.8) is 0 Å². The molecule has 1 rings (SSSR count). The first-order valence-electron chi connectivity index (χ1n) is 6.78. The van der Waals surface area contributed by atoms with Gasteiger partial charge in [0.1, 0.15) is 0 Å². The number of carbonyl (C=O) groups is 2. The number of hydrogen-bond donors (Lipinski definition) is 0. The van der Waals surface area contributed by atoms with Gasteiger partial charge in [0.05, 0.1) is 26.1 Å². The molecule has 0 atom stereocenters. The maximum Gasteiger partial charge on any atom is 0.306 e.